The molecule has 8 nitrogen and oxygen atoms in total. The second-order valence-electron chi connectivity index (χ2n) is 3.90. The molecule has 8 heteroatoms. The van der Waals surface area contributed by atoms with Gasteiger partial charge in [-0.2, -0.15) is 9.97 Å². The number of carboxylic acids is 1. The van der Waals surface area contributed by atoms with Crippen LogP contribution in [0.4, 0.5) is 5.69 Å². The second-order valence-corrected chi connectivity index (χ2v) is 3.90. The smallest absolute Gasteiger partial charge is 0.339 e. The molecule has 0 aliphatic heterocycles. The van der Waals surface area contributed by atoms with E-state index in [-0.39, 0.29) is 29.1 Å². The van der Waals surface area contributed by atoms with Crippen LogP contribution in [0.1, 0.15) is 10.4 Å². The molecule has 1 aromatic heterocycles. The molecule has 110 valence electrons. The van der Waals surface area contributed by atoms with Crippen molar-refractivity contribution in [3.05, 3.63) is 29.8 Å². The van der Waals surface area contributed by atoms with E-state index in [2.05, 4.69) is 9.97 Å². The van der Waals surface area contributed by atoms with Gasteiger partial charge in [0, 0.05) is 11.8 Å². The minimum atomic E-state index is -1.15. The predicted octanol–water partition coefficient (Wildman–Crippen LogP) is 1.57. The summed E-state index contributed by atoms with van der Waals surface area (Å²) < 4.78 is 15.4. The summed E-state index contributed by atoms with van der Waals surface area (Å²) in [7, 11) is 2.85. The number of ether oxygens (including phenoxy) is 3. The van der Waals surface area contributed by atoms with Crippen LogP contribution in [0, 0.1) is 0 Å². The molecule has 0 saturated heterocycles. The number of anilines is 1. The first-order valence-electron chi connectivity index (χ1n) is 5.81. The first-order valence-corrected chi connectivity index (χ1v) is 5.81. The molecule has 0 saturated carbocycles. The van der Waals surface area contributed by atoms with E-state index in [0.29, 0.717) is 5.69 Å². The summed E-state index contributed by atoms with van der Waals surface area (Å²) >= 11 is 0. The van der Waals surface area contributed by atoms with Crippen LogP contribution in [0.15, 0.2) is 24.3 Å². The molecule has 0 fully saturated rings. The Hall–Kier alpha value is -3.03. The van der Waals surface area contributed by atoms with Gasteiger partial charge in [0.25, 0.3) is 0 Å². The first-order chi connectivity index (χ1) is 10.0. The van der Waals surface area contributed by atoms with Crippen molar-refractivity contribution < 1.29 is 24.1 Å². The number of rotatable bonds is 5. The molecule has 0 atom stereocenters. The lowest BCUT2D eigenvalue weighted by molar-refractivity contribution is 0.0694. The quantitative estimate of drug-likeness (QED) is 0.797. The van der Waals surface area contributed by atoms with Crippen LogP contribution < -0.4 is 19.9 Å². The fourth-order valence-electron chi connectivity index (χ4n) is 1.54. The third kappa shape index (κ3) is 3.30. The van der Waals surface area contributed by atoms with Crippen LogP contribution >= 0.6 is 0 Å². The van der Waals surface area contributed by atoms with Gasteiger partial charge in [0.15, 0.2) is 0 Å². The average molecular weight is 291 g/mol. The number of methoxy groups -OCH3 is 2. The number of hydrogen-bond acceptors (Lipinski definition) is 7. The molecule has 21 heavy (non-hydrogen) atoms. The van der Waals surface area contributed by atoms with E-state index in [9.17, 15) is 4.79 Å². The molecule has 0 aliphatic rings. The molecule has 1 heterocycles. The van der Waals surface area contributed by atoms with Crippen molar-refractivity contribution in [2.75, 3.05) is 20.0 Å². The Morgan fingerprint density at radius 1 is 1.14 bits per heavy atom. The SMILES string of the molecule is COc1cc(OC)nc(Oc2cc(N)ccc2C(=O)O)n1. The van der Waals surface area contributed by atoms with E-state index in [1.807, 2.05) is 0 Å². The number of nitrogen functional groups attached to an aromatic ring is 1. The maximum atomic E-state index is 11.2. The zero-order valence-corrected chi connectivity index (χ0v) is 11.4. The average Bonchev–Trinajstić information content (AvgIpc) is 2.46. The Bertz CT molecular complexity index is 653. The highest BCUT2D eigenvalue weighted by atomic mass is 16.5. The van der Waals surface area contributed by atoms with E-state index >= 15 is 0 Å². The maximum Gasteiger partial charge on any atom is 0.339 e. The Balaban J connectivity index is 2.42. The molecule has 1 aromatic carbocycles. The van der Waals surface area contributed by atoms with E-state index in [4.69, 9.17) is 25.1 Å². The van der Waals surface area contributed by atoms with Gasteiger partial charge in [-0.3, -0.25) is 0 Å². The van der Waals surface area contributed by atoms with E-state index in [0.717, 1.165) is 0 Å². The van der Waals surface area contributed by atoms with Gasteiger partial charge in [-0.05, 0) is 12.1 Å². The molecule has 2 rings (SSSR count). The van der Waals surface area contributed by atoms with Crippen LogP contribution in [0.25, 0.3) is 0 Å². The molecular formula is C13H13N3O5. The molecule has 3 N–H and O–H groups in total. The zero-order chi connectivity index (χ0) is 15.4. The summed E-state index contributed by atoms with van der Waals surface area (Å²) in [5.74, 6) is -0.687. The fourth-order valence-corrected chi connectivity index (χ4v) is 1.54. The summed E-state index contributed by atoms with van der Waals surface area (Å²) in [6.45, 7) is 0. The number of carbonyl (C=O) groups is 1. The van der Waals surface area contributed by atoms with Gasteiger partial charge < -0.3 is 25.1 Å². The summed E-state index contributed by atoms with van der Waals surface area (Å²) in [6.07, 6.45) is 0. The number of benzene rings is 1. The third-order valence-corrected chi connectivity index (χ3v) is 2.51. The van der Waals surface area contributed by atoms with Crippen LogP contribution in [0.3, 0.4) is 0 Å². The monoisotopic (exact) mass is 291 g/mol. The van der Waals surface area contributed by atoms with Gasteiger partial charge >= 0.3 is 12.0 Å². The molecular weight excluding hydrogens is 278 g/mol. The van der Waals surface area contributed by atoms with Crippen LogP contribution in [-0.2, 0) is 0 Å². The largest absolute Gasteiger partial charge is 0.481 e. The van der Waals surface area contributed by atoms with Gasteiger partial charge in [0.05, 0.1) is 20.3 Å². The van der Waals surface area contributed by atoms with Gasteiger partial charge in [0.1, 0.15) is 11.3 Å². The number of carboxylic acid groups (broad SMARTS) is 1. The number of aromatic carboxylic acids is 1. The highest BCUT2D eigenvalue weighted by Gasteiger charge is 2.15. The molecule has 0 amide bonds. The highest BCUT2D eigenvalue weighted by molar-refractivity contribution is 5.91. The third-order valence-electron chi connectivity index (χ3n) is 2.51. The Kier molecular flexibility index (Phi) is 4.07. The van der Waals surface area contributed by atoms with Gasteiger partial charge in [-0.15, -0.1) is 0 Å². The maximum absolute atomic E-state index is 11.2. The normalized spacial score (nSPS) is 10.0. The van der Waals surface area contributed by atoms with Crippen molar-refractivity contribution in [3.63, 3.8) is 0 Å². The van der Waals surface area contributed by atoms with Gasteiger partial charge in [0.2, 0.25) is 11.8 Å². The molecule has 2 aromatic rings. The number of nitrogens with two attached hydrogens (primary N) is 1. The van der Waals surface area contributed by atoms with Crippen LogP contribution in [-0.4, -0.2) is 35.3 Å². The van der Waals surface area contributed by atoms with Crippen molar-refractivity contribution in [2.24, 2.45) is 0 Å². The molecule has 0 radical (unpaired) electrons. The van der Waals surface area contributed by atoms with Gasteiger partial charge in [-0.25, -0.2) is 4.79 Å². The Labute approximate surface area is 120 Å². The summed E-state index contributed by atoms with van der Waals surface area (Å²) in [6, 6.07) is 5.52. The lowest BCUT2D eigenvalue weighted by Gasteiger charge is -2.10. The molecule has 0 unspecified atom stereocenters. The minimum absolute atomic E-state index is 0.0257. The Morgan fingerprint density at radius 3 is 2.29 bits per heavy atom. The first kappa shape index (κ1) is 14.4. The van der Waals surface area contributed by atoms with E-state index < -0.39 is 5.97 Å². The summed E-state index contributed by atoms with van der Waals surface area (Å²) in [4.78, 5) is 19.1. The predicted molar refractivity (Wildman–Crippen MR) is 73.0 cm³/mol. The van der Waals surface area contributed by atoms with Crippen molar-refractivity contribution in [2.45, 2.75) is 0 Å². The number of nitrogens with zero attached hydrogens (tertiary/aromatic N) is 2. The second kappa shape index (κ2) is 5.95. The van der Waals surface area contributed by atoms with Crippen LogP contribution in [0.5, 0.6) is 23.5 Å². The standard InChI is InChI=1S/C13H13N3O5/c1-19-10-6-11(20-2)16-13(15-10)21-9-5-7(14)3-4-8(9)12(17)18/h3-6H,14H2,1-2H3,(H,17,18). The number of aromatic nitrogens is 2. The molecule has 0 spiro atoms. The van der Waals surface area contributed by atoms with Crippen molar-refractivity contribution >= 4 is 11.7 Å². The lowest BCUT2D eigenvalue weighted by atomic mass is 10.2. The van der Waals surface area contributed by atoms with Crippen molar-refractivity contribution in [1.82, 2.24) is 9.97 Å². The minimum Gasteiger partial charge on any atom is -0.481 e. The van der Waals surface area contributed by atoms with Crippen molar-refractivity contribution in [3.8, 4) is 23.5 Å². The number of hydrogen-bond donors (Lipinski definition) is 2. The fraction of sp³-hybridized carbons (Fsp3) is 0.154. The van der Waals surface area contributed by atoms with Crippen LogP contribution in [0.2, 0.25) is 0 Å². The van der Waals surface area contributed by atoms with Crippen molar-refractivity contribution in [1.29, 1.82) is 0 Å². The molecule has 0 bridgehead atoms. The van der Waals surface area contributed by atoms with Gasteiger partial charge in [-0.1, -0.05) is 0 Å². The van der Waals surface area contributed by atoms with E-state index in [1.54, 1.807) is 0 Å². The summed E-state index contributed by atoms with van der Waals surface area (Å²) in [5, 5.41) is 9.13. The Morgan fingerprint density at radius 2 is 1.76 bits per heavy atom. The zero-order valence-electron chi connectivity index (χ0n) is 11.4. The highest BCUT2D eigenvalue weighted by Crippen LogP contribution is 2.28. The topological polar surface area (TPSA) is 117 Å². The van der Waals surface area contributed by atoms with E-state index in [1.165, 1.54) is 38.5 Å². The molecule has 0 aliphatic carbocycles. The lowest BCUT2D eigenvalue weighted by Crippen LogP contribution is -2.03. The summed E-state index contributed by atoms with van der Waals surface area (Å²) in [5.41, 5.74) is 5.92.